The molecule has 28 heavy (non-hydrogen) atoms. The number of carbonyl (C=O) groups is 1. The average molecular weight is 379 g/mol. The van der Waals surface area contributed by atoms with Crippen molar-refractivity contribution < 1.29 is 4.79 Å². The summed E-state index contributed by atoms with van der Waals surface area (Å²) >= 11 is 0. The molecule has 2 fully saturated rings. The average Bonchev–Trinajstić information content (AvgIpc) is 3.34. The van der Waals surface area contributed by atoms with Crippen LogP contribution in [0.1, 0.15) is 53.5 Å². The Morgan fingerprint density at radius 3 is 2.82 bits per heavy atom. The highest BCUT2D eigenvalue weighted by Gasteiger charge is 2.29. The van der Waals surface area contributed by atoms with E-state index in [9.17, 15) is 4.79 Å². The SMILES string of the molecule is Cc1cc(C(=O)NC2CCCN(c3nccn4nc(C5CC5)cc34)C2)n(C)n1. The lowest BCUT2D eigenvalue weighted by atomic mass is 10.1. The maximum absolute atomic E-state index is 12.7. The van der Waals surface area contributed by atoms with Crippen LogP contribution in [0.15, 0.2) is 24.5 Å². The molecule has 146 valence electrons. The number of aromatic nitrogens is 5. The van der Waals surface area contributed by atoms with E-state index in [1.165, 1.54) is 18.5 Å². The summed E-state index contributed by atoms with van der Waals surface area (Å²) in [6.45, 7) is 3.58. The quantitative estimate of drug-likeness (QED) is 0.750. The van der Waals surface area contributed by atoms with Crippen molar-refractivity contribution >= 4 is 17.2 Å². The Kier molecular flexibility index (Phi) is 4.07. The number of hydrogen-bond acceptors (Lipinski definition) is 5. The summed E-state index contributed by atoms with van der Waals surface area (Å²) in [5, 5.41) is 12.2. The zero-order valence-electron chi connectivity index (χ0n) is 16.3. The Balaban J connectivity index is 1.35. The monoisotopic (exact) mass is 379 g/mol. The van der Waals surface area contributed by atoms with Crippen LogP contribution in [0.5, 0.6) is 0 Å². The first kappa shape index (κ1) is 17.2. The zero-order chi connectivity index (χ0) is 19.3. The molecule has 2 aliphatic rings. The lowest BCUT2D eigenvalue weighted by Crippen LogP contribution is -2.48. The van der Waals surface area contributed by atoms with Crippen LogP contribution < -0.4 is 10.2 Å². The highest BCUT2D eigenvalue weighted by Crippen LogP contribution is 2.40. The largest absolute Gasteiger partial charge is 0.353 e. The van der Waals surface area contributed by atoms with Crippen molar-refractivity contribution in [3.8, 4) is 0 Å². The molecule has 0 spiro atoms. The zero-order valence-corrected chi connectivity index (χ0v) is 16.3. The molecule has 1 unspecified atom stereocenters. The number of anilines is 1. The minimum Gasteiger partial charge on any atom is -0.353 e. The van der Waals surface area contributed by atoms with Gasteiger partial charge in [-0.15, -0.1) is 0 Å². The molecule has 1 N–H and O–H groups in total. The molecular weight excluding hydrogens is 354 g/mol. The van der Waals surface area contributed by atoms with Crippen molar-refractivity contribution in [3.63, 3.8) is 0 Å². The van der Waals surface area contributed by atoms with Crippen LogP contribution in [0.4, 0.5) is 5.82 Å². The highest BCUT2D eigenvalue weighted by atomic mass is 16.2. The van der Waals surface area contributed by atoms with Gasteiger partial charge in [-0.25, -0.2) is 9.50 Å². The van der Waals surface area contributed by atoms with Gasteiger partial charge in [-0.2, -0.15) is 10.2 Å². The number of hydrogen-bond donors (Lipinski definition) is 1. The molecule has 1 atom stereocenters. The van der Waals surface area contributed by atoms with Crippen LogP contribution in [-0.2, 0) is 7.05 Å². The third-order valence-corrected chi connectivity index (χ3v) is 5.67. The Bertz CT molecular complexity index is 1030. The van der Waals surface area contributed by atoms with Crippen LogP contribution in [-0.4, -0.2) is 49.4 Å². The van der Waals surface area contributed by atoms with E-state index < -0.39 is 0 Å². The van der Waals surface area contributed by atoms with Gasteiger partial charge in [0.15, 0.2) is 5.82 Å². The fourth-order valence-electron chi connectivity index (χ4n) is 4.12. The maximum Gasteiger partial charge on any atom is 0.269 e. The second kappa shape index (κ2) is 6.61. The van der Waals surface area contributed by atoms with E-state index >= 15 is 0 Å². The summed E-state index contributed by atoms with van der Waals surface area (Å²) in [7, 11) is 1.80. The normalized spacial score (nSPS) is 19.9. The van der Waals surface area contributed by atoms with E-state index in [1.54, 1.807) is 11.7 Å². The van der Waals surface area contributed by atoms with Crippen molar-refractivity contribution in [3.05, 3.63) is 41.6 Å². The Hall–Kier alpha value is -2.90. The van der Waals surface area contributed by atoms with Gasteiger partial charge in [0.2, 0.25) is 0 Å². The van der Waals surface area contributed by atoms with Crippen molar-refractivity contribution in [2.45, 2.75) is 44.6 Å². The molecule has 1 aliphatic carbocycles. The molecule has 1 aliphatic heterocycles. The van der Waals surface area contributed by atoms with Crippen LogP contribution in [0.25, 0.3) is 5.52 Å². The summed E-state index contributed by atoms with van der Waals surface area (Å²) in [5.41, 5.74) is 3.67. The topological polar surface area (TPSA) is 80.4 Å². The van der Waals surface area contributed by atoms with E-state index in [1.807, 2.05) is 29.9 Å². The summed E-state index contributed by atoms with van der Waals surface area (Å²) in [6.07, 6.45) is 8.18. The van der Waals surface area contributed by atoms with Crippen molar-refractivity contribution in [1.29, 1.82) is 0 Å². The summed E-state index contributed by atoms with van der Waals surface area (Å²) in [6, 6.07) is 4.09. The minimum atomic E-state index is -0.0681. The molecule has 4 heterocycles. The first-order valence-corrected chi connectivity index (χ1v) is 9.99. The lowest BCUT2D eigenvalue weighted by molar-refractivity contribution is 0.0923. The van der Waals surface area contributed by atoms with E-state index in [-0.39, 0.29) is 11.9 Å². The van der Waals surface area contributed by atoms with Crippen molar-refractivity contribution in [1.82, 2.24) is 29.7 Å². The number of fused-ring (bicyclic) bond motifs is 1. The smallest absolute Gasteiger partial charge is 0.269 e. The fourth-order valence-corrected chi connectivity index (χ4v) is 4.12. The highest BCUT2D eigenvalue weighted by molar-refractivity contribution is 5.92. The van der Waals surface area contributed by atoms with Gasteiger partial charge in [0.25, 0.3) is 5.91 Å². The number of aryl methyl sites for hydroxylation is 2. The predicted molar refractivity (Wildman–Crippen MR) is 106 cm³/mol. The number of rotatable bonds is 4. The number of nitrogens with zero attached hydrogens (tertiary/aromatic N) is 6. The molecule has 1 amide bonds. The lowest BCUT2D eigenvalue weighted by Gasteiger charge is -2.34. The molecular formula is C20H25N7O. The Labute approximate surface area is 163 Å². The number of piperidine rings is 1. The fraction of sp³-hybridized carbons (Fsp3) is 0.500. The molecule has 0 bridgehead atoms. The van der Waals surface area contributed by atoms with Gasteiger partial charge in [-0.05, 0) is 44.7 Å². The van der Waals surface area contributed by atoms with Crippen LogP contribution in [0.3, 0.4) is 0 Å². The number of amides is 1. The molecule has 1 saturated heterocycles. The van der Waals surface area contributed by atoms with Gasteiger partial charge in [-0.1, -0.05) is 0 Å². The van der Waals surface area contributed by atoms with Crippen molar-refractivity contribution in [2.75, 3.05) is 18.0 Å². The van der Waals surface area contributed by atoms with Gasteiger partial charge in [0, 0.05) is 44.5 Å². The summed E-state index contributed by atoms with van der Waals surface area (Å²) in [5.74, 6) is 1.50. The molecule has 0 radical (unpaired) electrons. The molecule has 0 aromatic carbocycles. The van der Waals surface area contributed by atoms with E-state index in [0.29, 0.717) is 11.6 Å². The third-order valence-electron chi connectivity index (χ3n) is 5.67. The Morgan fingerprint density at radius 2 is 2.07 bits per heavy atom. The second-order valence-corrected chi connectivity index (χ2v) is 7.98. The van der Waals surface area contributed by atoms with Crippen LogP contribution in [0, 0.1) is 6.92 Å². The summed E-state index contributed by atoms with van der Waals surface area (Å²) in [4.78, 5) is 19.6. The first-order valence-electron chi connectivity index (χ1n) is 9.99. The molecule has 3 aromatic rings. The number of nitrogens with one attached hydrogen (secondary N) is 1. The van der Waals surface area contributed by atoms with Gasteiger partial charge in [0.1, 0.15) is 11.2 Å². The first-order chi connectivity index (χ1) is 13.6. The molecule has 8 nitrogen and oxygen atoms in total. The predicted octanol–water partition coefficient (Wildman–Crippen LogP) is 2.05. The van der Waals surface area contributed by atoms with E-state index in [2.05, 4.69) is 26.4 Å². The summed E-state index contributed by atoms with van der Waals surface area (Å²) < 4.78 is 3.58. The van der Waals surface area contributed by atoms with E-state index in [0.717, 1.165) is 43.0 Å². The third kappa shape index (κ3) is 3.12. The van der Waals surface area contributed by atoms with Crippen LogP contribution >= 0.6 is 0 Å². The van der Waals surface area contributed by atoms with Crippen LogP contribution in [0.2, 0.25) is 0 Å². The number of carbonyl (C=O) groups excluding carboxylic acids is 1. The molecule has 5 rings (SSSR count). The van der Waals surface area contributed by atoms with Gasteiger partial charge >= 0.3 is 0 Å². The van der Waals surface area contributed by atoms with Gasteiger partial charge in [0.05, 0.1) is 11.4 Å². The second-order valence-electron chi connectivity index (χ2n) is 7.98. The Morgan fingerprint density at radius 1 is 1.21 bits per heavy atom. The molecule has 8 heteroatoms. The minimum absolute atomic E-state index is 0.0681. The van der Waals surface area contributed by atoms with E-state index in [4.69, 9.17) is 5.10 Å². The van der Waals surface area contributed by atoms with Gasteiger partial charge in [-0.3, -0.25) is 9.48 Å². The van der Waals surface area contributed by atoms with Crippen molar-refractivity contribution in [2.24, 2.45) is 7.05 Å². The molecule has 3 aromatic heterocycles. The maximum atomic E-state index is 12.7. The van der Waals surface area contributed by atoms with Gasteiger partial charge < -0.3 is 10.2 Å². The molecule has 1 saturated carbocycles. The standard InChI is InChI=1S/C20H25N7O/c1-13-10-18(25(2)23-13)20(28)22-15-4-3-8-26(12-15)19-17-11-16(14-5-6-14)24-27(17)9-7-21-19/h7,9-11,14-15H,3-6,8,12H2,1-2H3,(H,22,28).